The highest BCUT2D eigenvalue weighted by Gasteiger charge is 2.44. The predicted molar refractivity (Wildman–Crippen MR) is 276 cm³/mol. The van der Waals surface area contributed by atoms with Crippen LogP contribution in [0.5, 0.6) is 0 Å². The van der Waals surface area contributed by atoms with Gasteiger partial charge in [0, 0.05) is 87.6 Å². The van der Waals surface area contributed by atoms with E-state index in [1.54, 1.807) is 29.0 Å². The quantitative estimate of drug-likeness (QED) is 0.0652. The first kappa shape index (κ1) is 52.3. The number of aryl methyl sites for hydroxylation is 3. The van der Waals surface area contributed by atoms with E-state index in [-0.39, 0.29) is 98.2 Å². The van der Waals surface area contributed by atoms with Crippen molar-refractivity contribution in [2.45, 2.75) is 130 Å². The number of β-amino-alcohol motifs (C(OH)–C–C–N with tert-alkyl or cyclic N) is 1. The van der Waals surface area contributed by atoms with Gasteiger partial charge in [0.1, 0.15) is 17.3 Å². The molecule has 3 aliphatic rings. The van der Waals surface area contributed by atoms with Crippen LogP contribution in [0, 0.1) is 25.2 Å². The Balaban J connectivity index is 0.761. The summed E-state index contributed by atoms with van der Waals surface area (Å²) in [7, 11) is 0. The summed E-state index contributed by atoms with van der Waals surface area (Å²) in [4.78, 5) is 106. The average Bonchev–Trinajstić information content (AvgIpc) is 4.14. The molecule has 1 saturated carbocycles. The summed E-state index contributed by atoms with van der Waals surface area (Å²) in [6.45, 7) is 13.6. The van der Waals surface area contributed by atoms with Gasteiger partial charge in [0.05, 0.1) is 71.7 Å². The second-order valence-corrected chi connectivity index (χ2v) is 21.7. The van der Waals surface area contributed by atoms with Crippen LogP contribution in [0.1, 0.15) is 130 Å². The van der Waals surface area contributed by atoms with Gasteiger partial charge >= 0.3 is 0 Å². The van der Waals surface area contributed by atoms with Crippen molar-refractivity contribution in [3.63, 3.8) is 0 Å². The largest absolute Gasteiger partial charge is 0.391 e. The zero-order valence-corrected chi connectivity index (χ0v) is 43.3. The van der Waals surface area contributed by atoms with Gasteiger partial charge in [-0.25, -0.2) is 15.0 Å². The Morgan fingerprint density at radius 1 is 0.889 bits per heavy atom. The maximum atomic E-state index is 14.1. The van der Waals surface area contributed by atoms with Crippen molar-refractivity contribution in [2.24, 2.45) is 11.3 Å². The fourth-order valence-corrected chi connectivity index (χ4v) is 11.4. The smallest absolute Gasteiger partial charge is 0.263 e. The first-order chi connectivity index (χ1) is 34.5. The minimum Gasteiger partial charge on any atom is -0.391 e. The van der Waals surface area contributed by atoms with Gasteiger partial charge in [-0.3, -0.25) is 38.3 Å². The van der Waals surface area contributed by atoms with Crippen LogP contribution in [0.4, 0.5) is 5.69 Å². The Morgan fingerprint density at radius 2 is 1.61 bits per heavy atom. The minimum absolute atomic E-state index is 0.00377. The molecule has 3 fully saturated rings. The molecule has 0 bridgehead atoms. The second-order valence-electron chi connectivity index (χ2n) is 20.8. The van der Waals surface area contributed by atoms with Crippen molar-refractivity contribution in [2.75, 3.05) is 50.8 Å². The molecule has 5 aromatic rings. The number of ether oxygens (including phenoxy) is 1. The molecule has 2 saturated heterocycles. The zero-order chi connectivity index (χ0) is 51.3. The van der Waals surface area contributed by atoms with Crippen LogP contribution >= 0.6 is 11.3 Å². The standard InChI is InChI=1S/C55H68N8O8S/c1-34-44-31-57-48(59-52(44)63(40-9-7-8-10-40)54(70)50(34)36(3)64)27-39-16-17-41(30-56-39)60-21-23-61(24-22-60)49(68)20-26-71-25-19-42(65)28-45(55(4,5)6)53(69)62-32-43(66)29-46(62)47(67)18-13-37-11-14-38(15-12-37)51-35(2)58-33-72-51/h11-12,14-17,30-31,33,40,43,45-46,66H,7-10,13,18-29,32H2,1-6H3/t43-,45-,46+/m1/s1. The molecule has 382 valence electrons. The summed E-state index contributed by atoms with van der Waals surface area (Å²) in [5.74, 6) is -0.949. The van der Waals surface area contributed by atoms with Crippen molar-refractivity contribution in [3.8, 4) is 10.4 Å². The number of fused-ring (bicyclic) bond motifs is 1. The molecular formula is C55H68N8O8S. The van der Waals surface area contributed by atoms with E-state index in [4.69, 9.17) is 14.7 Å². The number of aromatic nitrogens is 5. The van der Waals surface area contributed by atoms with Crippen molar-refractivity contribution in [3.05, 3.63) is 98.6 Å². The van der Waals surface area contributed by atoms with Gasteiger partial charge in [0.25, 0.3) is 5.56 Å². The molecule has 1 aliphatic carbocycles. The van der Waals surface area contributed by atoms with Gasteiger partial charge in [-0.2, -0.15) is 0 Å². The van der Waals surface area contributed by atoms with Crippen LogP contribution in [0.3, 0.4) is 0 Å². The van der Waals surface area contributed by atoms with Crippen LogP contribution in [0.25, 0.3) is 21.5 Å². The van der Waals surface area contributed by atoms with Crippen LogP contribution in [-0.4, -0.2) is 127 Å². The number of aliphatic hydroxyl groups is 1. The molecule has 6 heterocycles. The first-order valence-corrected chi connectivity index (χ1v) is 26.3. The molecule has 2 amide bonds. The zero-order valence-electron chi connectivity index (χ0n) is 42.5. The number of nitrogens with zero attached hydrogens (tertiary/aromatic N) is 8. The fourth-order valence-electron chi connectivity index (χ4n) is 10.6. The number of carbonyl (C=O) groups is 5. The molecule has 17 heteroatoms. The van der Waals surface area contributed by atoms with E-state index in [2.05, 4.69) is 14.9 Å². The van der Waals surface area contributed by atoms with Crippen molar-refractivity contribution < 1.29 is 33.8 Å². The maximum absolute atomic E-state index is 14.1. The molecule has 16 nitrogen and oxygen atoms in total. The monoisotopic (exact) mass is 1000 g/mol. The Morgan fingerprint density at radius 3 is 2.26 bits per heavy atom. The number of thiazole rings is 1. The Bertz CT molecular complexity index is 2840. The average molecular weight is 1000 g/mol. The lowest BCUT2D eigenvalue weighted by Gasteiger charge is -2.36. The number of amides is 2. The van der Waals surface area contributed by atoms with Gasteiger partial charge in [-0.15, -0.1) is 11.3 Å². The number of hydrogen-bond donors (Lipinski definition) is 1. The molecule has 8 rings (SSSR count). The number of carbonyl (C=O) groups excluding carboxylic acids is 5. The van der Waals surface area contributed by atoms with E-state index in [0.29, 0.717) is 61.4 Å². The normalized spacial score (nSPS) is 18.0. The summed E-state index contributed by atoms with van der Waals surface area (Å²) >= 11 is 1.59. The number of pyridine rings is 2. The molecule has 72 heavy (non-hydrogen) atoms. The SMILES string of the molecule is CC(=O)c1c(C)c2cnc(Cc3ccc(N4CCN(C(=O)CCOCCC(=O)C[C@H](C(=O)N5C[C@H](O)C[C@H]5C(=O)CCc5ccc(-c6scnc6C)cc5)C(C)(C)C)CC4)cn3)nc2n(C2CCCC2)c1=O. The highest BCUT2D eigenvalue weighted by molar-refractivity contribution is 7.13. The molecule has 3 atom stereocenters. The van der Waals surface area contributed by atoms with Gasteiger partial charge in [0.15, 0.2) is 11.6 Å². The Hall–Kier alpha value is -6.04. The number of ketones is 3. The number of likely N-dealkylation sites (tertiary alicyclic amines) is 1. The number of Topliss-reactive ketones (excluding diaryl/α,β-unsaturated/α-hetero) is 3. The van der Waals surface area contributed by atoms with E-state index >= 15 is 0 Å². The molecule has 2 aliphatic heterocycles. The number of benzene rings is 1. The minimum atomic E-state index is -0.816. The Kier molecular flexibility index (Phi) is 16.6. The van der Waals surface area contributed by atoms with Crippen LogP contribution in [-0.2, 0) is 36.8 Å². The van der Waals surface area contributed by atoms with Gasteiger partial charge in [-0.1, -0.05) is 57.9 Å². The van der Waals surface area contributed by atoms with Crippen LogP contribution in [0.2, 0.25) is 0 Å². The predicted octanol–water partition coefficient (Wildman–Crippen LogP) is 7.07. The van der Waals surface area contributed by atoms with Crippen molar-refractivity contribution >= 4 is 57.2 Å². The van der Waals surface area contributed by atoms with Gasteiger partial charge < -0.3 is 24.5 Å². The Labute approximate surface area is 425 Å². The highest BCUT2D eigenvalue weighted by atomic mass is 32.1. The molecular weight excluding hydrogens is 933 g/mol. The molecule has 1 aromatic carbocycles. The van der Waals surface area contributed by atoms with Crippen molar-refractivity contribution in [1.82, 2.24) is 34.3 Å². The summed E-state index contributed by atoms with van der Waals surface area (Å²) in [5.41, 5.74) is 7.15. The van der Waals surface area contributed by atoms with Crippen LogP contribution < -0.4 is 10.5 Å². The van der Waals surface area contributed by atoms with E-state index in [1.807, 2.05) is 80.7 Å². The second kappa shape index (κ2) is 22.8. The van der Waals surface area contributed by atoms with E-state index in [9.17, 15) is 33.9 Å². The number of rotatable bonds is 19. The lowest BCUT2D eigenvalue weighted by Crippen LogP contribution is -2.49. The molecule has 0 unspecified atom stereocenters. The first-order valence-electron chi connectivity index (χ1n) is 25.5. The summed E-state index contributed by atoms with van der Waals surface area (Å²) in [5, 5.41) is 11.4. The molecule has 1 N–H and O–H groups in total. The molecule has 4 aromatic heterocycles. The third-order valence-electron chi connectivity index (χ3n) is 14.8. The maximum Gasteiger partial charge on any atom is 0.263 e. The lowest BCUT2D eigenvalue weighted by atomic mass is 9.76. The van der Waals surface area contributed by atoms with E-state index in [0.717, 1.165) is 58.8 Å². The number of hydrogen-bond acceptors (Lipinski definition) is 14. The summed E-state index contributed by atoms with van der Waals surface area (Å²) in [6, 6.07) is 11.3. The summed E-state index contributed by atoms with van der Waals surface area (Å²) in [6.07, 6.45) is 8.10. The van der Waals surface area contributed by atoms with E-state index < -0.39 is 23.5 Å². The summed E-state index contributed by atoms with van der Waals surface area (Å²) < 4.78 is 7.49. The molecule has 0 spiro atoms. The third-order valence-corrected chi connectivity index (χ3v) is 15.7. The van der Waals surface area contributed by atoms with Crippen molar-refractivity contribution in [1.29, 1.82) is 0 Å². The third kappa shape index (κ3) is 12.1. The van der Waals surface area contributed by atoms with Gasteiger partial charge in [0.2, 0.25) is 11.8 Å². The number of anilines is 1. The van der Waals surface area contributed by atoms with Crippen LogP contribution in [0.15, 0.2) is 59.1 Å². The van der Waals surface area contributed by atoms with Gasteiger partial charge in [-0.05, 0) is 74.3 Å². The molecule has 0 radical (unpaired) electrons. The highest BCUT2D eigenvalue weighted by Crippen LogP contribution is 2.35. The number of aliphatic hydroxyl groups excluding tert-OH is 1. The topological polar surface area (TPSA) is 198 Å². The lowest BCUT2D eigenvalue weighted by molar-refractivity contribution is -0.146. The van der Waals surface area contributed by atoms with E-state index in [1.165, 1.54) is 11.8 Å². The number of piperazine rings is 1. The fraction of sp³-hybridized carbons (Fsp3) is 0.527.